The molecule has 0 aliphatic carbocycles. The fourth-order valence-electron chi connectivity index (χ4n) is 5.92. The van der Waals surface area contributed by atoms with Crippen molar-refractivity contribution >= 4 is 89.7 Å². The van der Waals surface area contributed by atoms with E-state index in [4.69, 9.17) is 13.7 Å². The molecule has 0 radical (unpaired) electrons. The number of benzene rings is 1. The van der Waals surface area contributed by atoms with E-state index < -0.39 is 0 Å². The molecular weight excluding hydrogens is 655 g/mol. The third-order valence-electron chi connectivity index (χ3n) is 8.18. The molecular formula is C35H35N3S6. The van der Waals surface area contributed by atoms with Crippen molar-refractivity contribution < 1.29 is 0 Å². The van der Waals surface area contributed by atoms with Crippen LogP contribution in [0, 0.1) is 27.7 Å². The number of fused-ring (bicyclic) bond motifs is 2. The molecule has 0 N–H and O–H groups in total. The van der Waals surface area contributed by atoms with Crippen molar-refractivity contribution in [3.05, 3.63) is 63.0 Å². The van der Waals surface area contributed by atoms with Gasteiger partial charge < -0.3 is 0 Å². The van der Waals surface area contributed by atoms with Crippen LogP contribution in [0.1, 0.15) is 72.0 Å². The second-order valence-corrected chi connectivity index (χ2v) is 17.7. The Labute approximate surface area is 283 Å². The van der Waals surface area contributed by atoms with Crippen molar-refractivity contribution in [2.75, 3.05) is 0 Å². The normalized spacial score (nSPS) is 11.9. The summed E-state index contributed by atoms with van der Waals surface area (Å²) in [6.45, 7) is 11.1. The number of thiazole rings is 1. The maximum Gasteiger partial charge on any atom is 0.115 e. The second-order valence-electron chi connectivity index (χ2n) is 11.6. The van der Waals surface area contributed by atoms with Crippen LogP contribution in [0.25, 0.3) is 61.0 Å². The second kappa shape index (κ2) is 12.9. The molecule has 44 heavy (non-hydrogen) atoms. The minimum Gasteiger partial charge on any atom is -0.240 e. The molecule has 6 heterocycles. The van der Waals surface area contributed by atoms with Crippen LogP contribution in [0.4, 0.5) is 0 Å². The Morgan fingerprint density at radius 3 is 1.93 bits per heavy atom. The number of aryl methyl sites for hydroxylation is 5. The van der Waals surface area contributed by atoms with E-state index in [1.54, 1.807) is 0 Å². The van der Waals surface area contributed by atoms with Crippen LogP contribution >= 0.6 is 68.4 Å². The summed E-state index contributed by atoms with van der Waals surface area (Å²) < 4.78 is 10.8. The Bertz CT molecular complexity index is 2080. The molecule has 9 heteroatoms. The molecule has 7 rings (SSSR count). The lowest BCUT2D eigenvalue weighted by Crippen LogP contribution is -1.87. The summed E-state index contributed by atoms with van der Waals surface area (Å²) >= 11 is 10.7. The van der Waals surface area contributed by atoms with E-state index in [9.17, 15) is 0 Å². The zero-order valence-corrected chi connectivity index (χ0v) is 30.6. The van der Waals surface area contributed by atoms with E-state index in [1.807, 2.05) is 56.7 Å². The van der Waals surface area contributed by atoms with Gasteiger partial charge in [-0.25, -0.2) is 4.98 Å². The van der Waals surface area contributed by atoms with Gasteiger partial charge in [0.05, 0.1) is 27.0 Å². The van der Waals surface area contributed by atoms with Crippen LogP contribution in [0.15, 0.2) is 36.4 Å². The van der Waals surface area contributed by atoms with Gasteiger partial charge in [0.25, 0.3) is 0 Å². The molecule has 1 aromatic carbocycles. The lowest BCUT2D eigenvalue weighted by atomic mass is 10.1. The van der Waals surface area contributed by atoms with Gasteiger partial charge in [0, 0.05) is 44.6 Å². The predicted molar refractivity (Wildman–Crippen MR) is 200 cm³/mol. The topological polar surface area (TPSA) is 38.7 Å². The van der Waals surface area contributed by atoms with Crippen LogP contribution in [-0.4, -0.2) is 13.7 Å². The summed E-state index contributed by atoms with van der Waals surface area (Å²) in [5.41, 5.74) is 8.21. The molecule has 6 aromatic heterocycles. The lowest BCUT2D eigenvalue weighted by Gasteiger charge is -2.04. The van der Waals surface area contributed by atoms with E-state index in [1.165, 1.54) is 121 Å². The van der Waals surface area contributed by atoms with E-state index >= 15 is 0 Å². The summed E-state index contributed by atoms with van der Waals surface area (Å²) in [7, 11) is 0. The van der Waals surface area contributed by atoms with Crippen LogP contribution in [0.2, 0.25) is 0 Å². The molecule has 0 aliphatic heterocycles. The zero-order chi connectivity index (χ0) is 30.4. The first-order valence-electron chi connectivity index (χ1n) is 15.3. The van der Waals surface area contributed by atoms with Crippen molar-refractivity contribution in [3.63, 3.8) is 0 Å². The predicted octanol–water partition coefficient (Wildman–Crippen LogP) is 13.4. The maximum absolute atomic E-state index is 5.27. The van der Waals surface area contributed by atoms with Crippen molar-refractivity contribution in [3.8, 4) is 39.7 Å². The van der Waals surface area contributed by atoms with Gasteiger partial charge in [0.15, 0.2) is 0 Å². The molecule has 0 bridgehead atoms. The van der Waals surface area contributed by atoms with E-state index in [-0.39, 0.29) is 0 Å². The Balaban J connectivity index is 1.20. The van der Waals surface area contributed by atoms with Crippen LogP contribution < -0.4 is 0 Å². The molecule has 226 valence electrons. The van der Waals surface area contributed by atoms with Crippen LogP contribution in [0.3, 0.4) is 0 Å². The summed E-state index contributed by atoms with van der Waals surface area (Å²) in [4.78, 5) is 16.0. The van der Waals surface area contributed by atoms with E-state index in [0.717, 1.165) is 23.0 Å². The average Bonchev–Trinajstić information content (AvgIpc) is 3.83. The molecule has 0 saturated carbocycles. The lowest BCUT2D eigenvalue weighted by molar-refractivity contribution is 0.607. The number of hydrogen-bond acceptors (Lipinski definition) is 9. The van der Waals surface area contributed by atoms with Crippen molar-refractivity contribution in [2.24, 2.45) is 0 Å². The smallest absolute Gasteiger partial charge is 0.115 e. The average molecular weight is 690 g/mol. The highest BCUT2D eigenvalue weighted by atomic mass is 32.1. The molecule has 0 aliphatic rings. The van der Waals surface area contributed by atoms with E-state index in [0.29, 0.717) is 0 Å². The fourth-order valence-corrected chi connectivity index (χ4v) is 12.3. The highest BCUT2D eigenvalue weighted by Gasteiger charge is 2.23. The van der Waals surface area contributed by atoms with Gasteiger partial charge >= 0.3 is 0 Å². The number of nitrogens with zero attached hydrogens (tertiary/aromatic N) is 3. The third kappa shape index (κ3) is 5.76. The highest BCUT2D eigenvalue weighted by Crippen LogP contribution is 2.48. The zero-order valence-electron chi connectivity index (χ0n) is 25.7. The van der Waals surface area contributed by atoms with Gasteiger partial charge in [0.1, 0.15) is 11.0 Å². The minimum absolute atomic E-state index is 1.00. The maximum atomic E-state index is 5.27. The molecule has 0 amide bonds. The Hall–Kier alpha value is -2.27. The van der Waals surface area contributed by atoms with Gasteiger partial charge in [-0.3, -0.25) is 0 Å². The fraction of sp³-hybridized carbons (Fsp3) is 0.343. The number of unbranched alkanes of at least 4 members (excludes halogenated alkanes) is 5. The summed E-state index contributed by atoms with van der Waals surface area (Å²) in [6, 6.07) is 13.8. The van der Waals surface area contributed by atoms with Gasteiger partial charge in [-0.1, -0.05) is 39.0 Å². The SMILES string of the molecule is CCCCCCCCc1nc2c(-c3cc(C)c(-c4ccc(-c5ccc(-c6sc(C)cc6C)s5)s4)s3)c3nsnc3c(C)c2s1. The summed E-state index contributed by atoms with van der Waals surface area (Å²) in [5.74, 6) is 0. The van der Waals surface area contributed by atoms with Crippen molar-refractivity contribution in [2.45, 2.75) is 79.6 Å². The van der Waals surface area contributed by atoms with Crippen molar-refractivity contribution in [1.29, 1.82) is 0 Å². The molecule has 0 spiro atoms. The Morgan fingerprint density at radius 2 is 1.23 bits per heavy atom. The Morgan fingerprint density at radius 1 is 0.591 bits per heavy atom. The van der Waals surface area contributed by atoms with Crippen LogP contribution in [-0.2, 0) is 6.42 Å². The van der Waals surface area contributed by atoms with Gasteiger partial charge in [-0.15, -0.1) is 56.7 Å². The largest absolute Gasteiger partial charge is 0.240 e. The summed E-state index contributed by atoms with van der Waals surface area (Å²) in [5, 5.41) is 1.25. The number of hydrogen-bond donors (Lipinski definition) is 0. The first-order chi connectivity index (χ1) is 21.4. The molecule has 0 unspecified atom stereocenters. The van der Waals surface area contributed by atoms with Gasteiger partial charge in [0.2, 0.25) is 0 Å². The molecule has 7 aromatic rings. The quantitative estimate of drug-likeness (QED) is 0.127. The highest BCUT2D eigenvalue weighted by molar-refractivity contribution is 7.29. The monoisotopic (exact) mass is 689 g/mol. The third-order valence-corrected chi connectivity index (χ3v) is 15.1. The number of aromatic nitrogens is 3. The Kier molecular flexibility index (Phi) is 8.88. The number of rotatable bonds is 11. The molecule has 3 nitrogen and oxygen atoms in total. The first-order valence-corrected chi connectivity index (χ1v) is 20.2. The van der Waals surface area contributed by atoms with Gasteiger partial charge in [-0.2, -0.15) is 8.75 Å². The standard InChI is InChI=1S/C35H35N3S6/c1-6-7-8-9-10-11-12-28-36-32-29(31-30(37-44-38-31)22(5)35(32)43-28)27-18-20(3)34(42-27)26-16-14-24(41-26)23-13-15-25(40-23)33-19(2)17-21(4)39-33/h13-18H,6-12H2,1-5H3. The molecule has 0 atom stereocenters. The molecule has 0 saturated heterocycles. The van der Waals surface area contributed by atoms with Gasteiger partial charge in [-0.05, 0) is 93.6 Å². The van der Waals surface area contributed by atoms with Crippen molar-refractivity contribution in [1.82, 2.24) is 13.7 Å². The van der Waals surface area contributed by atoms with Crippen LogP contribution in [0.5, 0.6) is 0 Å². The first kappa shape index (κ1) is 30.4. The minimum atomic E-state index is 1.00. The number of thiophene rings is 4. The van der Waals surface area contributed by atoms with E-state index in [2.05, 4.69) is 71.0 Å². The molecule has 0 fully saturated rings. The summed E-state index contributed by atoms with van der Waals surface area (Å²) in [6.07, 6.45) is 8.87.